The lowest BCUT2D eigenvalue weighted by atomic mass is 10.2. The first kappa shape index (κ1) is 24.8. The molecule has 4 N–H and O–H groups in total. The molecule has 3 atom stereocenters. The first-order valence-electron chi connectivity index (χ1n) is 10.0. The maximum atomic E-state index is 11.6. The predicted molar refractivity (Wildman–Crippen MR) is 122 cm³/mol. The van der Waals surface area contributed by atoms with Crippen LogP contribution in [0.4, 0.5) is 5.82 Å². The van der Waals surface area contributed by atoms with E-state index in [1.54, 1.807) is 6.07 Å². The summed E-state index contributed by atoms with van der Waals surface area (Å²) in [6.45, 7) is 0.00404. The van der Waals surface area contributed by atoms with Crippen LogP contribution in [-0.2, 0) is 25.4 Å². The van der Waals surface area contributed by atoms with E-state index in [1.807, 2.05) is 18.2 Å². The summed E-state index contributed by atoms with van der Waals surface area (Å²) in [5.74, 6) is -0.659. The molecule has 15 heteroatoms. The Kier molecular flexibility index (Phi) is 7.39. The smallest absolute Gasteiger partial charge is 0.336 e. The van der Waals surface area contributed by atoms with Crippen molar-refractivity contribution in [1.29, 1.82) is 0 Å². The summed E-state index contributed by atoms with van der Waals surface area (Å²) < 4.78 is 22.9. The number of anilines is 1. The minimum Gasteiger partial charge on any atom is -0.462 e. The van der Waals surface area contributed by atoms with Gasteiger partial charge in [-0.25, -0.2) is 4.68 Å². The van der Waals surface area contributed by atoms with Crippen molar-refractivity contribution in [3.63, 3.8) is 0 Å². The van der Waals surface area contributed by atoms with E-state index in [0.717, 1.165) is 5.56 Å². The third-order valence-corrected chi connectivity index (χ3v) is 6.26. The molecule has 0 saturated carbocycles. The Morgan fingerprint density at radius 2 is 2.06 bits per heavy atom. The highest BCUT2D eigenvalue weighted by Gasteiger charge is 2.37. The van der Waals surface area contributed by atoms with Crippen LogP contribution >= 0.6 is 30.8 Å². The van der Waals surface area contributed by atoms with Crippen LogP contribution in [0.25, 0.3) is 11.0 Å². The molecule has 3 aromatic rings. The van der Waals surface area contributed by atoms with Crippen molar-refractivity contribution in [2.45, 2.75) is 31.4 Å². The van der Waals surface area contributed by atoms with Crippen LogP contribution in [0.3, 0.4) is 0 Å². The Morgan fingerprint density at radius 3 is 2.79 bits per heavy atom. The quantitative estimate of drug-likeness (QED) is 0.190. The number of ether oxygens (including phenoxy) is 2. The molecule has 0 unspecified atom stereocenters. The molecule has 4 rings (SSSR count). The van der Waals surface area contributed by atoms with Crippen molar-refractivity contribution in [3.05, 3.63) is 46.3 Å². The fourth-order valence-electron chi connectivity index (χ4n) is 3.47. The first-order valence-corrected chi connectivity index (χ1v) is 12.6. The third-order valence-electron chi connectivity index (χ3n) is 5.05. The Labute approximate surface area is 203 Å². The number of nitrogens with zero attached hydrogens (tertiary/aromatic N) is 4. The molecule has 1 saturated heterocycles. The van der Waals surface area contributed by atoms with Crippen LogP contribution < -0.4 is 5.32 Å². The average Bonchev–Trinajstić information content (AvgIpc) is 3.33. The average molecular weight is 532 g/mol. The Bertz CT molecular complexity index is 1250. The van der Waals surface area contributed by atoms with Gasteiger partial charge in [-0.1, -0.05) is 29.8 Å². The van der Waals surface area contributed by atoms with Crippen molar-refractivity contribution in [2.75, 3.05) is 18.1 Å². The van der Waals surface area contributed by atoms with Crippen molar-refractivity contribution >= 4 is 53.6 Å². The number of rotatable bonds is 8. The second-order valence-electron chi connectivity index (χ2n) is 7.55. The summed E-state index contributed by atoms with van der Waals surface area (Å²) in [6, 6.07) is 7.35. The van der Waals surface area contributed by atoms with Gasteiger partial charge in [0.05, 0.1) is 17.7 Å². The number of benzene rings is 1. The molecule has 12 nitrogen and oxygen atoms in total. The third kappa shape index (κ3) is 5.84. The van der Waals surface area contributed by atoms with Gasteiger partial charge < -0.3 is 29.7 Å². The fourth-order valence-corrected chi connectivity index (χ4v) is 4.26. The number of fused-ring (bicyclic) bond motifs is 1. The van der Waals surface area contributed by atoms with Crippen LogP contribution in [0.5, 0.6) is 0 Å². The highest BCUT2D eigenvalue weighted by molar-refractivity contribution is 7.52. The number of hydrogen-bond acceptors (Lipinski definition) is 9. The van der Waals surface area contributed by atoms with E-state index in [-0.39, 0.29) is 18.3 Å². The van der Waals surface area contributed by atoms with Gasteiger partial charge >= 0.3 is 13.6 Å². The molecule has 34 heavy (non-hydrogen) atoms. The van der Waals surface area contributed by atoms with Gasteiger partial charge in [0.25, 0.3) is 0 Å². The molecule has 2 aromatic heterocycles. The molecule has 0 spiro atoms. The molecular formula is C19H20Cl2N5O7P. The maximum absolute atomic E-state index is 11.6. The van der Waals surface area contributed by atoms with Crippen molar-refractivity contribution < 1.29 is 33.7 Å². The molecular weight excluding hydrogens is 512 g/mol. The zero-order chi connectivity index (χ0) is 24.5. The summed E-state index contributed by atoms with van der Waals surface area (Å²) >= 11 is 12.3. The van der Waals surface area contributed by atoms with E-state index >= 15 is 0 Å². The van der Waals surface area contributed by atoms with Crippen LogP contribution in [0, 0.1) is 0 Å². The number of carbonyl (C=O) groups is 1. The number of aliphatic hydroxyl groups is 1. The van der Waals surface area contributed by atoms with E-state index < -0.39 is 38.2 Å². The van der Waals surface area contributed by atoms with E-state index in [4.69, 9.17) is 42.5 Å². The molecule has 1 fully saturated rings. The molecule has 0 amide bonds. The molecule has 1 aromatic carbocycles. The zero-order valence-electron chi connectivity index (χ0n) is 17.4. The topological polar surface area (TPSA) is 169 Å². The fraction of sp³-hybridized carbons (Fsp3) is 0.368. The molecule has 1 aliphatic rings. The van der Waals surface area contributed by atoms with Crippen LogP contribution in [0.1, 0.15) is 18.2 Å². The highest BCUT2D eigenvalue weighted by Crippen LogP contribution is 2.35. The second kappa shape index (κ2) is 10.1. The van der Waals surface area contributed by atoms with Gasteiger partial charge in [-0.3, -0.25) is 9.36 Å². The van der Waals surface area contributed by atoms with E-state index in [9.17, 15) is 14.5 Å². The van der Waals surface area contributed by atoms with E-state index in [0.29, 0.717) is 28.4 Å². The predicted octanol–water partition coefficient (Wildman–Crippen LogP) is 2.11. The molecule has 1 aliphatic heterocycles. The lowest BCUT2D eigenvalue weighted by Crippen LogP contribution is -2.28. The van der Waals surface area contributed by atoms with Gasteiger partial charge in [-0.05, 0) is 23.2 Å². The van der Waals surface area contributed by atoms with Crippen molar-refractivity contribution in [1.82, 2.24) is 19.7 Å². The number of carbonyl (C=O) groups excluding carboxylic acids is 1. The van der Waals surface area contributed by atoms with Crippen LogP contribution in [-0.4, -0.2) is 65.6 Å². The Balaban J connectivity index is 1.48. The number of hydrogen-bond donors (Lipinski definition) is 4. The summed E-state index contributed by atoms with van der Waals surface area (Å²) in [6.07, 6.45) is -2.09. The normalized spacial score (nSPS) is 20.6. The minimum absolute atomic E-state index is 0.0302. The van der Waals surface area contributed by atoms with Gasteiger partial charge in [0.15, 0.2) is 11.9 Å². The number of aliphatic hydroxyl groups excluding tert-OH is 1. The number of aromatic nitrogens is 4. The monoisotopic (exact) mass is 531 g/mol. The van der Waals surface area contributed by atoms with Gasteiger partial charge in [-0.15, -0.1) is 0 Å². The molecule has 182 valence electrons. The summed E-state index contributed by atoms with van der Waals surface area (Å²) in [5.41, 5.74) is 1.22. The maximum Gasteiger partial charge on any atom is 0.336 e. The standard InChI is InChI=1S/C19H20Cl2N5O7P/c20-12-4-2-1-3-10(12)6-22-17-11-7-23-26(18(11)25-19(21)24-17)15-5-13(27)14(33-15)8-32-16(28)9-34(29,30)31/h1-4,7,13-15,27H,5-6,8-9H2,(H,22,24,25)(H2,29,30,31)/t13-,14+,15+/m0/s1. The lowest BCUT2D eigenvalue weighted by Gasteiger charge is -2.16. The molecule has 0 radical (unpaired) electrons. The molecule has 3 heterocycles. The second-order valence-corrected chi connectivity index (χ2v) is 9.94. The zero-order valence-corrected chi connectivity index (χ0v) is 19.8. The lowest BCUT2D eigenvalue weighted by molar-refractivity contribution is -0.147. The molecule has 0 bridgehead atoms. The minimum atomic E-state index is -4.55. The van der Waals surface area contributed by atoms with E-state index in [1.165, 1.54) is 10.9 Å². The SMILES string of the molecule is O=C(CP(=O)(O)O)OC[C@H]1O[C@@H](n2ncc3c(NCc4ccccc4Cl)nc(Cl)nc32)C[C@@H]1O. The summed E-state index contributed by atoms with van der Waals surface area (Å²) in [7, 11) is -4.55. The van der Waals surface area contributed by atoms with Gasteiger partial charge in [-0.2, -0.15) is 15.1 Å². The first-order chi connectivity index (χ1) is 16.1. The van der Waals surface area contributed by atoms with Crippen molar-refractivity contribution in [3.8, 4) is 0 Å². The van der Waals surface area contributed by atoms with Gasteiger partial charge in [0.2, 0.25) is 5.28 Å². The van der Waals surface area contributed by atoms with Crippen LogP contribution in [0.15, 0.2) is 30.5 Å². The Morgan fingerprint density at radius 1 is 1.29 bits per heavy atom. The molecule has 0 aliphatic carbocycles. The van der Waals surface area contributed by atoms with Gasteiger partial charge in [0.1, 0.15) is 24.7 Å². The summed E-state index contributed by atoms with van der Waals surface area (Å²) in [4.78, 5) is 37.7. The Hall–Kier alpha value is -2.31. The highest BCUT2D eigenvalue weighted by atomic mass is 35.5. The number of nitrogens with one attached hydrogen (secondary N) is 1. The number of halogens is 2. The van der Waals surface area contributed by atoms with E-state index in [2.05, 4.69) is 20.4 Å². The van der Waals surface area contributed by atoms with Crippen LogP contribution in [0.2, 0.25) is 10.3 Å². The number of esters is 1. The van der Waals surface area contributed by atoms with Crippen molar-refractivity contribution in [2.24, 2.45) is 0 Å². The summed E-state index contributed by atoms with van der Waals surface area (Å²) in [5, 5.41) is 18.9. The largest absolute Gasteiger partial charge is 0.462 e. The van der Waals surface area contributed by atoms with Gasteiger partial charge in [0, 0.05) is 18.0 Å².